The third kappa shape index (κ3) is 2.19. The number of hydrogen-bond donors (Lipinski definition) is 1. The molecular formula is C14H16N4O. The van der Waals surface area contributed by atoms with Crippen LogP contribution in [0.3, 0.4) is 0 Å². The van der Waals surface area contributed by atoms with E-state index in [0.29, 0.717) is 17.5 Å². The molecule has 2 heterocycles. The van der Waals surface area contributed by atoms with Crippen molar-refractivity contribution in [2.75, 3.05) is 13.1 Å². The van der Waals surface area contributed by atoms with Crippen LogP contribution in [0.4, 0.5) is 0 Å². The van der Waals surface area contributed by atoms with Crippen molar-refractivity contribution in [3.63, 3.8) is 0 Å². The first kappa shape index (κ1) is 11.8. The predicted molar refractivity (Wildman–Crippen MR) is 72.1 cm³/mol. The number of nitrogens with zero attached hydrogens (tertiary/aromatic N) is 3. The molecule has 0 saturated carbocycles. The zero-order valence-corrected chi connectivity index (χ0v) is 10.8. The minimum atomic E-state index is 0.256. The van der Waals surface area contributed by atoms with E-state index in [4.69, 9.17) is 10.3 Å². The van der Waals surface area contributed by atoms with Gasteiger partial charge in [-0.25, -0.2) is 0 Å². The minimum absolute atomic E-state index is 0.256. The van der Waals surface area contributed by atoms with Crippen molar-refractivity contribution in [1.29, 1.82) is 0 Å². The summed E-state index contributed by atoms with van der Waals surface area (Å²) >= 11 is 0. The highest BCUT2D eigenvalue weighted by Gasteiger charge is 2.32. The third-order valence-electron chi connectivity index (χ3n) is 3.39. The Morgan fingerprint density at radius 3 is 2.68 bits per heavy atom. The Morgan fingerprint density at radius 1 is 1.37 bits per heavy atom. The Labute approximate surface area is 111 Å². The Bertz CT molecular complexity index is 596. The molecule has 0 bridgehead atoms. The molecule has 1 aromatic heterocycles. The number of nitrogens with two attached hydrogens (primary N) is 1. The smallest absolute Gasteiger partial charge is 0.233 e. The second-order valence-corrected chi connectivity index (χ2v) is 4.92. The molecule has 5 heteroatoms. The zero-order chi connectivity index (χ0) is 13.4. The fraction of sp³-hybridized carbons (Fsp3) is 0.286. The van der Waals surface area contributed by atoms with Gasteiger partial charge in [0, 0.05) is 18.7 Å². The molecule has 1 saturated heterocycles. The van der Waals surface area contributed by atoms with Crippen LogP contribution in [0.15, 0.2) is 41.2 Å². The van der Waals surface area contributed by atoms with Gasteiger partial charge in [-0.2, -0.15) is 4.98 Å². The molecule has 1 aliphatic rings. The van der Waals surface area contributed by atoms with E-state index < -0.39 is 0 Å². The van der Waals surface area contributed by atoms with Gasteiger partial charge in [-0.3, -0.25) is 0 Å². The van der Waals surface area contributed by atoms with Crippen molar-refractivity contribution in [3.8, 4) is 11.4 Å². The van der Waals surface area contributed by atoms with Crippen molar-refractivity contribution in [2.24, 2.45) is 5.73 Å². The van der Waals surface area contributed by atoms with E-state index >= 15 is 0 Å². The molecular weight excluding hydrogens is 240 g/mol. The van der Waals surface area contributed by atoms with Crippen molar-refractivity contribution < 1.29 is 4.52 Å². The number of hydrogen-bond acceptors (Lipinski definition) is 5. The molecule has 19 heavy (non-hydrogen) atoms. The second kappa shape index (κ2) is 4.42. The molecule has 5 nitrogen and oxygen atoms in total. The SMILES string of the molecule is C=C(N)N1CC(c2nc(-c3ccc(C)cc3)no2)C1. The van der Waals surface area contributed by atoms with E-state index in [-0.39, 0.29) is 5.92 Å². The zero-order valence-electron chi connectivity index (χ0n) is 10.8. The average Bonchev–Trinajstić information content (AvgIpc) is 2.77. The highest BCUT2D eigenvalue weighted by molar-refractivity contribution is 5.54. The van der Waals surface area contributed by atoms with Gasteiger partial charge in [0.15, 0.2) is 0 Å². The molecule has 1 aromatic carbocycles. The lowest BCUT2D eigenvalue weighted by Gasteiger charge is -2.38. The number of aryl methyl sites for hydroxylation is 1. The summed E-state index contributed by atoms with van der Waals surface area (Å²) in [6, 6.07) is 8.07. The van der Waals surface area contributed by atoms with Gasteiger partial charge in [0.1, 0.15) is 0 Å². The van der Waals surface area contributed by atoms with Gasteiger partial charge >= 0.3 is 0 Å². The van der Waals surface area contributed by atoms with Crippen molar-refractivity contribution >= 4 is 0 Å². The van der Waals surface area contributed by atoms with Crippen molar-refractivity contribution in [3.05, 3.63) is 48.1 Å². The standard InChI is InChI=1S/C14H16N4O/c1-9-3-5-11(6-4-9)13-16-14(19-17-13)12-7-18(8-12)10(2)15/h3-6,12H,2,7-8,15H2,1H3. The molecule has 0 amide bonds. The van der Waals surface area contributed by atoms with E-state index in [2.05, 4.69) is 16.7 Å². The second-order valence-electron chi connectivity index (χ2n) is 4.92. The summed E-state index contributed by atoms with van der Waals surface area (Å²) in [5.74, 6) is 2.16. The fourth-order valence-electron chi connectivity index (χ4n) is 2.09. The van der Waals surface area contributed by atoms with Crippen molar-refractivity contribution in [2.45, 2.75) is 12.8 Å². The van der Waals surface area contributed by atoms with Gasteiger partial charge in [-0.1, -0.05) is 41.6 Å². The maximum Gasteiger partial charge on any atom is 0.233 e. The molecule has 0 aliphatic carbocycles. The van der Waals surface area contributed by atoms with Gasteiger partial charge < -0.3 is 15.2 Å². The van der Waals surface area contributed by atoms with Crippen molar-refractivity contribution in [1.82, 2.24) is 15.0 Å². The summed E-state index contributed by atoms with van der Waals surface area (Å²) in [6.45, 7) is 7.35. The van der Waals surface area contributed by atoms with Gasteiger partial charge in [-0.15, -0.1) is 0 Å². The normalized spacial score (nSPS) is 15.3. The van der Waals surface area contributed by atoms with E-state index in [1.54, 1.807) is 0 Å². The van der Waals surface area contributed by atoms with Gasteiger partial charge in [-0.05, 0) is 6.92 Å². The topological polar surface area (TPSA) is 68.2 Å². The molecule has 1 aliphatic heterocycles. The number of rotatable bonds is 3. The lowest BCUT2D eigenvalue weighted by molar-refractivity contribution is 0.165. The summed E-state index contributed by atoms with van der Waals surface area (Å²) in [6.07, 6.45) is 0. The summed E-state index contributed by atoms with van der Waals surface area (Å²) in [4.78, 5) is 6.44. The van der Waals surface area contributed by atoms with E-state index in [9.17, 15) is 0 Å². The van der Waals surface area contributed by atoms with Crippen LogP contribution < -0.4 is 5.73 Å². The molecule has 0 atom stereocenters. The van der Waals surface area contributed by atoms with Crippen LogP contribution in [0, 0.1) is 6.92 Å². The highest BCUT2D eigenvalue weighted by Crippen LogP contribution is 2.28. The first-order chi connectivity index (χ1) is 9.13. The number of benzene rings is 1. The summed E-state index contributed by atoms with van der Waals surface area (Å²) < 4.78 is 5.32. The first-order valence-corrected chi connectivity index (χ1v) is 6.23. The van der Waals surface area contributed by atoms with E-state index in [0.717, 1.165) is 18.7 Å². The predicted octanol–water partition coefficient (Wildman–Crippen LogP) is 1.87. The lowest BCUT2D eigenvalue weighted by atomic mass is 10.0. The Kier molecular flexibility index (Phi) is 2.74. The maximum atomic E-state index is 5.61. The van der Waals surface area contributed by atoms with Crippen LogP contribution >= 0.6 is 0 Å². The van der Waals surface area contributed by atoms with Crippen LogP contribution in [0.1, 0.15) is 17.4 Å². The largest absolute Gasteiger partial charge is 0.386 e. The molecule has 0 unspecified atom stereocenters. The molecule has 2 aromatic rings. The highest BCUT2D eigenvalue weighted by atomic mass is 16.5. The molecule has 0 spiro atoms. The monoisotopic (exact) mass is 256 g/mol. The maximum absolute atomic E-state index is 5.61. The fourth-order valence-corrected chi connectivity index (χ4v) is 2.09. The quantitative estimate of drug-likeness (QED) is 0.908. The summed E-state index contributed by atoms with van der Waals surface area (Å²) in [5, 5.41) is 4.03. The Hall–Kier alpha value is -2.30. The number of likely N-dealkylation sites (tertiary alicyclic amines) is 1. The molecule has 0 radical (unpaired) electrons. The average molecular weight is 256 g/mol. The molecule has 98 valence electrons. The van der Waals surface area contributed by atoms with E-state index in [1.165, 1.54) is 5.56 Å². The van der Waals surface area contributed by atoms with E-state index in [1.807, 2.05) is 36.1 Å². The Balaban J connectivity index is 1.74. The Morgan fingerprint density at radius 2 is 2.05 bits per heavy atom. The van der Waals surface area contributed by atoms with Gasteiger partial charge in [0.25, 0.3) is 0 Å². The van der Waals surface area contributed by atoms with Gasteiger partial charge in [0.2, 0.25) is 11.7 Å². The summed E-state index contributed by atoms with van der Waals surface area (Å²) in [5.41, 5.74) is 7.80. The van der Waals surface area contributed by atoms with Gasteiger partial charge in [0.05, 0.1) is 11.7 Å². The van der Waals surface area contributed by atoms with Crippen LogP contribution in [0.25, 0.3) is 11.4 Å². The lowest BCUT2D eigenvalue weighted by Crippen LogP contribution is -2.45. The third-order valence-corrected chi connectivity index (χ3v) is 3.39. The minimum Gasteiger partial charge on any atom is -0.386 e. The molecule has 1 fully saturated rings. The molecule has 3 rings (SSSR count). The molecule has 2 N–H and O–H groups in total. The number of aromatic nitrogens is 2. The van der Waals surface area contributed by atoms with Crippen LogP contribution in [0.2, 0.25) is 0 Å². The summed E-state index contributed by atoms with van der Waals surface area (Å²) in [7, 11) is 0. The van der Waals surface area contributed by atoms with Crippen LogP contribution in [-0.2, 0) is 0 Å². The van der Waals surface area contributed by atoms with Crippen LogP contribution in [-0.4, -0.2) is 28.1 Å². The first-order valence-electron chi connectivity index (χ1n) is 6.23. The van der Waals surface area contributed by atoms with Crippen LogP contribution in [0.5, 0.6) is 0 Å².